The highest BCUT2D eigenvalue weighted by Crippen LogP contribution is 2.22. The first-order valence-corrected chi connectivity index (χ1v) is 7.65. The molecule has 0 aliphatic heterocycles. The van der Waals surface area contributed by atoms with E-state index in [-0.39, 0.29) is 11.4 Å². The summed E-state index contributed by atoms with van der Waals surface area (Å²) in [5, 5.41) is 10.8. The van der Waals surface area contributed by atoms with Crippen LogP contribution in [0.2, 0.25) is 0 Å². The molecule has 0 unspecified atom stereocenters. The predicted octanol–water partition coefficient (Wildman–Crippen LogP) is 3.24. The topological polar surface area (TPSA) is 90.6 Å². The number of nitro groups is 1. The Balaban J connectivity index is 2.10. The highest BCUT2D eigenvalue weighted by atomic mass is 79.9. The lowest BCUT2D eigenvalue weighted by molar-refractivity contribution is -0.384. The molecule has 0 spiro atoms. The summed E-state index contributed by atoms with van der Waals surface area (Å²) in [6.45, 7) is 0. The fraction of sp³-hybridized carbons (Fsp3) is 0.0769. The number of halogens is 1. The van der Waals surface area contributed by atoms with E-state index in [1.54, 1.807) is 23.7 Å². The number of benzene rings is 1. The number of non-ortho nitro benzene ring substituents is 1. The summed E-state index contributed by atoms with van der Waals surface area (Å²) in [4.78, 5) is 26.8. The lowest BCUT2D eigenvalue weighted by atomic mass is 10.3. The highest BCUT2D eigenvalue weighted by Gasteiger charge is 2.13. The molecule has 2 heterocycles. The molecule has 3 rings (SSSR count). The van der Waals surface area contributed by atoms with Crippen LogP contribution < -0.4 is 4.80 Å². The number of thiazole rings is 1. The van der Waals surface area contributed by atoms with Crippen LogP contribution in [0.5, 0.6) is 0 Å². The molecule has 0 fully saturated rings. The maximum atomic E-state index is 12.0. The van der Waals surface area contributed by atoms with Crippen LogP contribution in [-0.2, 0) is 7.05 Å². The molecule has 0 N–H and O–H groups in total. The molecule has 0 radical (unpaired) electrons. The second kappa shape index (κ2) is 5.50. The molecule has 0 bridgehead atoms. The van der Waals surface area contributed by atoms with Crippen LogP contribution in [0.1, 0.15) is 10.6 Å². The van der Waals surface area contributed by atoms with E-state index in [9.17, 15) is 14.9 Å². The summed E-state index contributed by atoms with van der Waals surface area (Å²) in [6, 6.07) is 7.65. The second-order valence-electron chi connectivity index (χ2n) is 4.37. The van der Waals surface area contributed by atoms with Crippen LogP contribution in [0.25, 0.3) is 10.2 Å². The van der Waals surface area contributed by atoms with Gasteiger partial charge in [-0.15, -0.1) is 0 Å². The van der Waals surface area contributed by atoms with Crippen molar-refractivity contribution in [1.29, 1.82) is 0 Å². The predicted molar refractivity (Wildman–Crippen MR) is 83.8 cm³/mol. The van der Waals surface area contributed by atoms with Gasteiger partial charge in [-0.25, -0.2) is 0 Å². The SMILES string of the molecule is Cn1c(=NC(=O)c2ccc(Br)o2)sc2cc([N+](=O)[O-])ccc21. The summed E-state index contributed by atoms with van der Waals surface area (Å²) in [6.07, 6.45) is 0. The van der Waals surface area contributed by atoms with Gasteiger partial charge in [0.05, 0.1) is 15.1 Å². The van der Waals surface area contributed by atoms with Gasteiger partial charge in [-0.3, -0.25) is 14.9 Å². The van der Waals surface area contributed by atoms with Crippen molar-refractivity contribution in [3.8, 4) is 0 Å². The average Bonchev–Trinajstić information content (AvgIpc) is 3.03. The zero-order valence-corrected chi connectivity index (χ0v) is 13.6. The molecule has 112 valence electrons. The fourth-order valence-electron chi connectivity index (χ4n) is 1.91. The summed E-state index contributed by atoms with van der Waals surface area (Å²) in [7, 11) is 1.74. The number of hydrogen-bond acceptors (Lipinski definition) is 5. The molecule has 22 heavy (non-hydrogen) atoms. The molecule has 3 aromatic rings. The minimum absolute atomic E-state index is 0.00203. The van der Waals surface area contributed by atoms with Gasteiger partial charge in [0.2, 0.25) is 0 Å². The Kier molecular flexibility index (Phi) is 3.67. The number of carbonyl (C=O) groups is 1. The van der Waals surface area contributed by atoms with Crippen LogP contribution in [-0.4, -0.2) is 15.4 Å². The Morgan fingerprint density at radius 3 is 2.82 bits per heavy atom. The third-order valence-corrected chi connectivity index (χ3v) is 4.51. The van der Waals surface area contributed by atoms with E-state index in [4.69, 9.17) is 4.42 Å². The van der Waals surface area contributed by atoms with E-state index < -0.39 is 10.8 Å². The van der Waals surface area contributed by atoms with Crippen molar-refractivity contribution in [2.24, 2.45) is 12.0 Å². The monoisotopic (exact) mass is 381 g/mol. The number of amides is 1. The molecule has 7 nitrogen and oxygen atoms in total. The molecule has 1 aromatic carbocycles. The first-order chi connectivity index (χ1) is 10.5. The molecule has 0 saturated carbocycles. The Morgan fingerprint density at radius 2 is 2.18 bits per heavy atom. The van der Waals surface area contributed by atoms with Crippen molar-refractivity contribution >= 4 is 49.1 Å². The molecule has 0 aliphatic rings. The summed E-state index contributed by atoms with van der Waals surface area (Å²) in [5.74, 6) is -0.391. The number of aromatic nitrogens is 1. The van der Waals surface area contributed by atoms with Gasteiger partial charge >= 0.3 is 5.91 Å². The van der Waals surface area contributed by atoms with E-state index in [1.807, 2.05) is 0 Å². The third kappa shape index (κ3) is 2.60. The van der Waals surface area contributed by atoms with E-state index in [0.29, 0.717) is 14.2 Å². The molecule has 9 heteroatoms. The van der Waals surface area contributed by atoms with Crippen molar-refractivity contribution in [3.63, 3.8) is 0 Å². The van der Waals surface area contributed by atoms with Crippen LogP contribution in [0.3, 0.4) is 0 Å². The maximum Gasteiger partial charge on any atom is 0.315 e. The van der Waals surface area contributed by atoms with Gasteiger partial charge in [0.15, 0.2) is 15.2 Å². The minimum Gasteiger partial charge on any atom is -0.444 e. The second-order valence-corrected chi connectivity index (χ2v) is 6.16. The summed E-state index contributed by atoms with van der Waals surface area (Å²) in [5.41, 5.74) is 0.768. The molecule has 0 atom stereocenters. The number of nitro benzene ring substituents is 1. The fourth-order valence-corrected chi connectivity index (χ4v) is 3.27. The number of fused-ring (bicyclic) bond motifs is 1. The van der Waals surface area contributed by atoms with E-state index >= 15 is 0 Å². The smallest absolute Gasteiger partial charge is 0.315 e. The Hall–Kier alpha value is -2.26. The highest BCUT2D eigenvalue weighted by molar-refractivity contribution is 9.10. The standard InChI is InChI=1S/C13H8BrN3O4S/c1-16-8-3-2-7(17(19)20)6-10(8)22-13(16)15-12(18)9-4-5-11(14)21-9/h2-6H,1H3. The zero-order valence-electron chi connectivity index (χ0n) is 11.1. The number of rotatable bonds is 2. The lowest BCUT2D eigenvalue weighted by Gasteiger charge is -1.95. The van der Waals surface area contributed by atoms with Gasteiger partial charge in [-0.05, 0) is 34.1 Å². The van der Waals surface area contributed by atoms with Gasteiger partial charge in [0.25, 0.3) is 5.69 Å². The van der Waals surface area contributed by atoms with Gasteiger partial charge in [0.1, 0.15) is 0 Å². The molecular formula is C13H8BrN3O4S. The molecule has 0 aliphatic carbocycles. The molecule has 1 amide bonds. The molecule has 2 aromatic heterocycles. The van der Waals surface area contributed by atoms with Crippen LogP contribution in [0.4, 0.5) is 5.69 Å². The lowest BCUT2D eigenvalue weighted by Crippen LogP contribution is -2.12. The Labute approximate surface area is 135 Å². The van der Waals surface area contributed by atoms with Crippen molar-refractivity contribution < 1.29 is 14.1 Å². The first kappa shape index (κ1) is 14.7. The van der Waals surface area contributed by atoms with Crippen LogP contribution >= 0.6 is 27.3 Å². The third-order valence-electron chi connectivity index (χ3n) is 2.98. The average molecular weight is 382 g/mol. The van der Waals surface area contributed by atoms with Gasteiger partial charge in [-0.2, -0.15) is 4.99 Å². The molecule has 0 saturated heterocycles. The van der Waals surface area contributed by atoms with Gasteiger partial charge < -0.3 is 8.98 Å². The van der Waals surface area contributed by atoms with E-state index in [0.717, 1.165) is 5.52 Å². The van der Waals surface area contributed by atoms with Crippen molar-refractivity contribution in [2.75, 3.05) is 0 Å². The Morgan fingerprint density at radius 1 is 1.41 bits per heavy atom. The molecular weight excluding hydrogens is 374 g/mol. The minimum atomic E-state index is -0.512. The zero-order chi connectivity index (χ0) is 15.9. The van der Waals surface area contributed by atoms with E-state index in [2.05, 4.69) is 20.9 Å². The Bertz CT molecular complexity index is 969. The van der Waals surface area contributed by atoms with Gasteiger partial charge in [0, 0.05) is 19.2 Å². The van der Waals surface area contributed by atoms with Gasteiger partial charge in [-0.1, -0.05) is 11.3 Å². The normalized spacial score (nSPS) is 12.0. The van der Waals surface area contributed by atoms with Crippen molar-refractivity contribution in [2.45, 2.75) is 0 Å². The summed E-state index contributed by atoms with van der Waals surface area (Å²) >= 11 is 4.33. The number of furan rings is 1. The largest absolute Gasteiger partial charge is 0.444 e. The van der Waals surface area contributed by atoms with E-state index in [1.165, 1.54) is 29.5 Å². The maximum absolute atomic E-state index is 12.0. The van der Waals surface area contributed by atoms with Crippen LogP contribution in [0, 0.1) is 10.1 Å². The van der Waals surface area contributed by atoms with Crippen molar-refractivity contribution in [3.05, 3.63) is 55.7 Å². The summed E-state index contributed by atoms with van der Waals surface area (Å²) < 4.78 is 8.00. The number of carbonyl (C=O) groups excluding carboxylic acids is 1. The number of aryl methyl sites for hydroxylation is 1. The number of hydrogen-bond donors (Lipinski definition) is 0. The first-order valence-electron chi connectivity index (χ1n) is 6.04. The van der Waals surface area contributed by atoms with Crippen LogP contribution in [0.15, 0.2) is 44.4 Å². The number of nitrogens with zero attached hydrogens (tertiary/aromatic N) is 3. The van der Waals surface area contributed by atoms with Crippen molar-refractivity contribution in [1.82, 2.24) is 4.57 Å². The quantitative estimate of drug-likeness (QED) is 0.503.